The molecule has 3 nitrogen and oxygen atoms in total. The van der Waals surface area contributed by atoms with E-state index in [1.165, 1.54) is 12.8 Å². The summed E-state index contributed by atoms with van der Waals surface area (Å²) in [4.78, 5) is 11.6. The van der Waals surface area contributed by atoms with Gasteiger partial charge in [0, 0.05) is 17.9 Å². The number of hydrogen-bond acceptors (Lipinski definition) is 3. The van der Waals surface area contributed by atoms with Crippen molar-refractivity contribution in [3.05, 3.63) is 23.2 Å². The zero-order valence-electron chi connectivity index (χ0n) is 10.5. The van der Waals surface area contributed by atoms with Crippen LogP contribution in [0.5, 0.6) is 0 Å². The number of carbonyl (C=O) groups is 1. The van der Waals surface area contributed by atoms with Crippen molar-refractivity contribution in [1.82, 2.24) is 0 Å². The van der Waals surface area contributed by atoms with Crippen molar-refractivity contribution < 1.29 is 4.79 Å². The smallest absolute Gasteiger partial charge is 0.225 e. The molecular formula is C13H19ClN2OS. The molecule has 0 radical (unpaired) electrons. The molecule has 0 spiro atoms. The van der Waals surface area contributed by atoms with E-state index in [2.05, 4.69) is 12.2 Å². The third-order valence-corrected chi connectivity index (χ3v) is 3.81. The van der Waals surface area contributed by atoms with Gasteiger partial charge in [0.25, 0.3) is 0 Å². The zero-order valence-corrected chi connectivity index (χ0v) is 12.1. The molecule has 0 aliphatic heterocycles. The molecule has 0 unspecified atom stereocenters. The minimum atomic E-state index is 0.0146. The summed E-state index contributed by atoms with van der Waals surface area (Å²) in [5.74, 6) is 1.99. The monoisotopic (exact) mass is 286 g/mol. The van der Waals surface area contributed by atoms with Crippen LogP contribution in [0.3, 0.4) is 0 Å². The number of nitrogens with two attached hydrogens (primary N) is 1. The summed E-state index contributed by atoms with van der Waals surface area (Å²) in [6.45, 7) is 2.16. The fourth-order valence-electron chi connectivity index (χ4n) is 1.36. The van der Waals surface area contributed by atoms with Crippen LogP contribution in [-0.2, 0) is 4.79 Å². The number of amides is 1. The summed E-state index contributed by atoms with van der Waals surface area (Å²) < 4.78 is 0. The van der Waals surface area contributed by atoms with Crippen molar-refractivity contribution in [2.24, 2.45) is 0 Å². The van der Waals surface area contributed by atoms with E-state index in [9.17, 15) is 4.79 Å². The van der Waals surface area contributed by atoms with E-state index < -0.39 is 0 Å². The highest BCUT2D eigenvalue weighted by Gasteiger charge is 2.04. The van der Waals surface area contributed by atoms with Gasteiger partial charge in [-0.15, -0.1) is 0 Å². The SMILES string of the molecule is CCCCSCCC(=O)Nc1ccc(Cl)c(N)c1. The second-order valence-electron chi connectivity index (χ2n) is 4.00. The number of carbonyl (C=O) groups excluding carboxylic acids is 1. The first-order valence-corrected chi connectivity index (χ1v) is 7.59. The maximum atomic E-state index is 11.6. The largest absolute Gasteiger partial charge is 0.397 e. The molecule has 0 atom stereocenters. The Balaban J connectivity index is 2.29. The van der Waals surface area contributed by atoms with Crippen LogP contribution in [0.15, 0.2) is 18.2 Å². The van der Waals surface area contributed by atoms with Crippen molar-refractivity contribution in [3.63, 3.8) is 0 Å². The standard InChI is InChI=1S/C13H19ClN2OS/c1-2-3-7-18-8-6-13(17)16-10-4-5-11(14)12(15)9-10/h4-5,9H,2-3,6-8,15H2,1H3,(H,16,17). The van der Waals surface area contributed by atoms with E-state index in [0.29, 0.717) is 22.8 Å². The van der Waals surface area contributed by atoms with Crippen LogP contribution < -0.4 is 11.1 Å². The Morgan fingerprint density at radius 2 is 2.22 bits per heavy atom. The highest BCUT2D eigenvalue weighted by Crippen LogP contribution is 2.22. The first-order chi connectivity index (χ1) is 8.63. The summed E-state index contributed by atoms with van der Waals surface area (Å²) in [6, 6.07) is 5.10. The summed E-state index contributed by atoms with van der Waals surface area (Å²) in [6.07, 6.45) is 2.93. The van der Waals surface area contributed by atoms with Gasteiger partial charge < -0.3 is 11.1 Å². The van der Waals surface area contributed by atoms with E-state index in [1.54, 1.807) is 18.2 Å². The van der Waals surface area contributed by atoms with Gasteiger partial charge in [0.05, 0.1) is 10.7 Å². The molecule has 0 bridgehead atoms. The van der Waals surface area contributed by atoms with Gasteiger partial charge in [-0.25, -0.2) is 0 Å². The Labute approximate surface area is 117 Å². The van der Waals surface area contributed by atoms with E-state index in [4.69, 9.17) is 17.3 Å². The first-order valence-electron chi connectivity index (χ1n) is 6.06. The molecule has 0 saturated carbocycles. The van der Waals surface area contributed by atoms with E-state index in [1.807, 2.05) is 11.8 Å². The van der Waals surface area contributed by atoms with Crippen LogP contribution in [-0.4, -0.2) is 17.4 Å². The highest BCUT2D eigenvalue weighted by atomic mass is 35.5. The van der Waals surface area contributed by atoms with Crippen LogP contribution in [0, 0.1) is 0 Å². The van der Waals surface area contributed by atoms with Crippen molar-refractivity contribution in [2.45, 2.75) is 26.2 Å². The number of nitrogen functional groups attached to an aromatic ring is 1. The Hall–Kier alpha value is -0.870. The molecule has 1 rings (SSSR count). The van der Waals surface area contributed by atoms with Crippen LogP contribution in [0.2, 0.25) is 5.02 Å². The molecule has 0 aliphatic rings. The molecule has 100 valence electrons. The summed E-state index contributed by atoms with van der Waals surface area (Å²) >= 11 is 7.62. The topological polar surface area (TPSA) is 55.1 Å². The number of rotatable bonds is 7. The Bertz CT molecular complexity index is 399. The number of nitrogens with one attached hydrogen (secondary N) is 1. The molecule has 0 aromatic heterocycles. The van der Waals surface area contributed by atoms with Gasteiger partial charge in [0.15, 0.2) is 0 Å². The summed E-state index contributed by atoms with van der Waals surface area (Å²) in [5, 5.41) is 3.31. The minimum absolute atomic E-state index is 0.0146. The fraction of sp³-hybridized carbons (Fsp3) is 0.462. The van der Waals surface area contributed by atoms with Crippen LogP contribution >= 0.6 is 23.4 Å². The number of anilines is 2. The molecule has 0 fully saturated rings. The van der Waals surface area contributed by atoms with E-state index in [-0.39, 0.29) is 5.91 Å². The molecule has 18 heavy (non-hydrogen) atoms. The highest BCUT2D eigenvalue weighted by molar-refractivity contribution is 7.99. The Morgan fingerprint density at radius 1 is 1.44 bits per heavy atom. The molecular weight excluding hydrogens is 268 g/mol. The third-order valence-electron chi connectivity index (χ3n) is 2.40. The van der Waals surface area contributed by atoms with Crippen molar-refractivity contribution in [3.8, 4) is 0 Å². The van der Waals surface area contributed by atoms with Crippen LogP contribution in [0.4, 0.5) is 11.4 Å². The fourth-order valence-corrected chi connectivity index (χ4v) is 2.50. The number of hydrogen-bond donors (Lipinski definition) is 2. The molecule has 0 saturated heterocycles. The number of thioether (sulfide) groups is 1. The molecule has 3 N–H and O–H groups in total. The third kappa shape index (κ3) is 5.65. The van der Waals surface area contributed by atoms with Gasteiger partial charge in [0.1, 0.15) is 0 Å². The second kappa shape index (κ2) is 8.27. The normalized spacial score (nSPS) is 10.3. The maximum Gasteiger partial charge on any atom is 0.225 e. The first kappa shape index (κ1) is 15.2. The van der Waals surface area contributed by atoms with Crippen molar-refractivity contribution in [1.29, 1.82) is 0 Å². The van der Waals surface area contributed by atoms with E-state index in [0.717, 1.165) is 11.5 Å². The van der Waals surface area contributed by atoms with Gasteiger partial charge in [-0.05, 0) is 30.4 Å². The average molecular weight is 287 g/mol. The van der Waals surface area contributed by atoms with Crippen LogP contribution in [0.1, 0.15) is 26.2 Å². The predicted molar refractivity (Wildman–Crippen MR) is 81.3 cm³/mol. The molecule has 1 aromatic carbocycles. The van der Waals surface area contributed by atoms with Gasteiger partial charge in [0.2, 0.25) is 5.91 Å². The number of halogens is 1. The molecule has 0 aliphatic carbocycles. The molecule has 0 heterocycles. The lowest BCUT2D eigenvalue weighted by Gasteiger charge is -2.06. The Morgan fingerprint density at radius 3 is 2.89 bits per heavy atom. The lowest BCUT2D eigenvalue weighted by molar-refractivity contribution is -0.115. The van der Waals surface area contributed by atoms with E-state index >= 15 is 0 Å². The Kier molecular flexibility index (Phi) is 6.98. The molecule has 1 aromatic rings. The second-order valence-corrected chi connectivity index (χ2v) is 5.63. The van der Waals surface area contributed by atoms with Crippen molar-refractivity contribution >= 4 is 40.6 Å². The minimum Gasteiger partial charge on any atom is -0.397 e. The molecule has 1 amide bonds. The summed E-state index contributed by atoms with van der Waals surface area (Å²) in [7, 11) is 0. The van der Waals surface area contributed by atoms with Crippen molar-refractivity contribution in [2.75, 3.05) is 22.6 Å². The predicted octanol–water partition coefficient (Wildman–Crippen LogP) is 3.78. The zero-order chi connectivity index (χ0) is 13.4. The van der Waals surface area contributed by atoms with Gasteiger partial charge in [-0.3, -0.25) is 4.79 Å². The number of benzene rings is 1. The van der Waals surface area contributed by atoms with Crippen LogP contribution in [0.25, 0.3) is 0 Å². The maximum absolute atomic E-state index is 11.6. The van der Waals surface area contributed by atoms with Gasteiger partial charge in [-0.2, -0.15) is 11.8 Å². The van der Waals surface area contributed by atoms with Gasteiger partial charge in [-0.1, -0.05) is 24.9 Å². The molecule has 5 heteroatoms. The summed E-state index contributed by atoms with van der Waals surface area (Å²) in [5.41, 5.74) is 6.84. The van der Waals surface area contributed by atoms with Gasteiger partial charge >= 0.3 is 0 Å². The lowest BCUT2D eigenvalue weighted by Crippen LogP contribution is -2.12. The quantitative estimate of drug-likeness (QED) is 0.592. The lowest BCUT2D eigenvalue weighted by atomic mass is 10.2. The average Bonchev–Trinajstić information content (AvgIpc) is 2.34. The number of unbranched alkanes of at least 4 members (excludes halogenated alkanes) is 1.